The Morgan fingerprint density at radius 2 is 1.73 bits per heavy atom. The Morgan fingerprint density at radius 1 is 1.00 bits per heavy atom. The van der Waals surface area contributed by atoms with Gasteiger partial charge in [0.25, 0.3) is 5.91 Å². The molecule has 2 amide bonds. The molecule has 3 heterocycles. The summed E-state index contributed by atoms with van der Waals surface area (Å²) in [5.41, 5.74) is 3.84. The average Bonchev–Trinajstić information content (AvgIpc) is 3.32. The lowest BCUT2D eigenvalue weighted by molar-refractivity contribution is 0.0938. The van der Waals surface area contributed by atoms with E-state index in [1.54, 1.807) is 22.8 Å². The minimum atomic E-state index is -0.689. The molecular formula is C30H25N7O4. The van der Waals surface area contributed by atoms with Gasteiger partial charge in [-0.1, -0.05) is 18.2 Å². The van der Waals surface area contributed by atoms with Crippen LogP contribution in [0, 0.1) is 18.3 Å². The van der Waals surface area contributed by atoms with Crippen molar-refractivity contribution in [2.45, 2.75) is 6.92 Å². The Morgan fingerprint density at radius 3 is 2.46 bits per heavy atom. The lowest BCUT2D eigenvalue weighted by atomic mass is 10.1. The molecule has 2 aromatic carbocycles. The standard InChI is InChI=1S/C30H25N7O4/c1-20-26(36-30(39)40-16-15-33-29(38)21-11-13-32-14-12-21)19-37-28(20)27(22(17-31)18-34-37)35-23-7-9-25(10-8-23)41-24-5-3-2-4-6-24/h2-14,18-19,35H,15-16H2,1H3,(H,33,38)(H,36,39). The van der Waals surface area contributed by atoms with Crippen LogP contribution in [0.15, 0.2) is 91.5 Å². The molecule has 3 N–H and O–H groups in total. The Bertz CT molecular complexity index is 1710. The maximum atomic E-state index is 12.5. The SMILES string of the molecule is Cc1c(NC(=O)OCCNC(=O)c2ccncc2)cn2ncc(C#N)c(Nc3ccc(Oc4ccccc4)cc3)c12. The highest BCUT2D eigenvalue weighted by Gasteiger charge is 2.18. The fourth-order valence-corrected chi connectivity index (χ4v) is 4.06. The fraction of sp³-hybridized carbons (Fsp3) is 0.100. The third-order valence-corrected chi connectivity index (χ3v) is 6.08. The van der Waals surface area contributed by atoms with Crippen molar-refractivity contribution in [2.75, 3.05) is 23.8 Å². The number of fused-ring (bicyclic) bond motifs is 1. The van der Waals surface area contributed by atoms with Gasteiger partial charge >= 0.3 is 6.09 Å². The van der Waals surface area contributed by atoms with Gasteiger partial charge in [0.05, 0.1) is 41.4 Å². The lowest BCUT2D eigenvalue weighted by Gasteiger charge is -2.12. The molecule has 204 valence electrons. The predicted octanol–water partition coefficient (Wildman–Crippen LogP) is 5.42. The molecule has 0 aliphatic rings. The number of nitrogens with zero attached hydrogens (tertiary/aromatic N) is 4. The fourth-order valence-electron chi connectivity index (χ4n) is 4.06. The maximum absolute atomic E-state index is 12.5. The Balaban J connectivity index is 1.25. The maximum Gasteiger partial charge on any atom is 0.411 e. The molecule has 0 aliphatic carbocycles. The number of aromatic nitrogens is 3. The third kappa shape index (κ3) is 6.40. The van der Waals surface area contributed by atoms with Crippen molar-refractivity contribution < 1.29 is 19.1 Å². The number of amides is 2. The quantitative estimate of drug-likeness (QED) is 0.208. The number of para-hydroxylation sites is 1. The van der Waals surface area contributed by atoms with Gasteiger partial charge in [0.2, 0.25) is 0 Å². The van der Waals surface area contributed by atoms with Crippen molar-refractivity contribution in [1.29, 1.82) is 5.26 Å². The zero-order valence-electron chi connectivity index (χ0n) is 22.0. The highest BCUT2D eigenvalue weighted by atomic mass is 16.5. The van der Waals surface area contributed by atoms with Gasteiger partial charge in [0.15, 0.2) is 0 Å². The molecule has 0 spiro atoms. The Hall–Kier alpha value is -5.89. The molecule has 5 rings (SSSR count). The Labute approximate surface area is 235 Å². The van der Waals surface area contributed by atoms with Crippen LogP contribution in [0.4, 0.5) is 21.9 Å². The molecular weight excluding hydrogens is 522 g/mol. The number of benzene rings is 2. The molecule has 0 aliphatic heterocycles. The van der Waals surface area contributed by atoms with Crippen LogP contribution in [-0.2, 0) is 4.74 Å². The average molecular weight is 548 g/mol. The van der Waals surface area contributed by atoms with Crippen molar-refractivity contribution >= 4 is 34.6 Å². The molecule has 0 unspecified atom stereocenters. The van der Waals surface area contributed by atoms with E-state index in [1.807, 2.05) is 61.5 Å². The summed E-state index contributed by atoms with van der Waals surface area (Å²) in [7, 11) is 0. The lowest BCUT2D eigenvalue weighted by Crippen LogP contribution is -2.28. The normalized spacial score (nSPS) is 10.4. The zero-order chi connectivity index (χ0) is 28.6. The zero-order valence-corrected chi connectivity index (χ0v) is 22.0. The summed E-state index contributed by atoms with van der Waals surface area (Å²) in [6.07, 6.45) is 5.45. The smallest absolute Gasteiger partial charge is 0.411 e. The number of hydrogen-bond donors (Lipinski definition) is 3. The molecule has 0 atom stereocenters. The highest BCUT2D eigenvalue weighted by molar-refractivity contribution is 5.94. The second kappa shape index (κ2) is 12.3. The van der Waals surface area contributed by atoms with Crippen LogP contribution in [0.3, 0.4) is 0 Å². The first-order valence-corrected chi connectivity index (χ1v) is 12.6. The van der Waals surface area contributed by atoms with Gasteiger partial charge in [-0.3, -0.25) is 15.1 Å². The number of anilines is 3. The number of nitriles is 1. The van der Waals surface area contributed by atoms with E-state index in [1.165, 1.54) is 18.6 Å². The van der Waals surface area contributed by atoms with Crippen LogP contribution in [0.2, 0.25) is 0 Å². The second-order valence-electron chi connectivity index (χ2n) is 8.82. The van der Waals surface area contributed by atoms with Gasteiger partial charge in [-0.2, -0.15) is 10.4 Å². The summed E-state index contributed by atoms with van der Waals surface area (Å²) in [5, 5.41) is 22.8. The van der Waals surface area contributed by atoms with E-state index in [0.29, 0.717) is 39.3 Å². The van der Waals surface area contributed by atoms with Crippen molar-refractivity contribution in [1.82, 2.24) is 19.9 Å². The molecule has 5 aromatic rings. The summed E-state index contributed by atoms with van der Waals surface area (Å²) in [6.45, 7) is 1.93. The van der Waals surface area contributed by atoms with E-state index in [-0.39, 0.29) is 19.1 Å². The number of rotatable bonds is 9. The van der Waals surface area contributed by atoms with Crippen molar-refractivity contribution in [3.05, 3.63) is 108 Å². The second-order valence-corrected chi connectivity index (χ2v) is 8.82. The Kier molecular flexibility index (Phi) is 8.02. The van der Waals surface area contributed by atoms with Gasteiger partial charge in [-0.15, -0.1) is 0 Å². The molecule has 11 nitrogen and oxygen atoms in total. The van der Waals surface area contributed by atoms with Crippen molar-refractivity contribution in [3.63, 3.8) is 0 Å². The van der Waals surface area contributed by atoms with E-state index in [2.05, 4.69) is 32.1 Å². The molecule has 0 saturated carbocycles. The molecule has 41 heavy (non-hydrogen) atoms. The number of aryl methyl sites for hydroxylation is 1. The van der Waals surface area contributed by atoms with E-state index in [4.69, 9.17) is 9.47 Å². The number of ether oxygens (including phenoxy) is 2. The number of pyridine rings is 1. The first-order chi connectivity index (χ1) is 20.0. The van der Waals surface area contributed by atoms with Crippen LogP contribution in [0.5, 0.6) is 11.5 Å². The van der Waals surface area contributed by atoms with E-state index in [9.17, 15) is 14.9 Å². The predicted molar refractivity (Wildman–Crippen MR) is 152 cm³/mol. The third-order valence-electron chi connectivity index (χ3n) is 6.08. The van der Waals surface area contributed by atoms with Gasteiger partial charge in [-0.05, 0) is 55.5 Å². The van der Waals surface area contributed by atoms with E-state index >= 15 is 0 Å². The number of carbonyl (C=O) groups is 2. The van der Waals surface area contributed by atoms with Crippen LogP contribution in [0.25, 0.3) is 5.52 Å². The highest BCUT2D eigenvalue weighted by Crippen LogP contribution is 2.33. The molecule has 0 bridgehead atoms. The van der Waals surface area contributed by atoms with Crippen molar-refractivity contribution in [3.8, 4) is 17.6 Å². The van der Waals surface area contributed by atoms with Crippen LogP contribution in [0.1, 0.15) is 21.5 Å². The first kappa shape index (κ1) is 26.7. The largest absolute Gasteiger partial charge is 0.457 e. The first-order valence-electron chi connectivity index (χ1n) is 12.6. The number of nitrogens with one attached hydrogen (secondary N) is 3. The van der Waals surface area contributed by atoms with E-state index in [0.717, 1.165) is 11.4 Å². The molecule has 11 heteroatoms. The van der Waals surface area contributed by atoms with Gasteiger partial charge in [-0.25, -0.2) is 9.31 Å². The summed E-state index contributed by atoms with van der Waals surface area (Å²) in [5.74, 6) is 1.11. The minimum Gasteiger partial charge on any atom is -0.457 e. The summed E-state index contributed by atoms with van der Waals surface area (Å²) >= 11 is 0. The van der Waals surface area contributed by atoms with E-state index < -0.39 is 6.09 Å². The monoisotopic (exact) mass is 547 g/mol. The van der Waals surface area contributed by atoms with Crippen LogP contribution < -0.4 is 20.7 Å². The number of hydrogen-bond acceptors (Lipinski definition) is 8. The minimum absolute atomic E-state index is 0.0251. The summed E-state index contributed by atoms with van der Waals surface area (Å²) < 4.78 is 12.7. The number of carbonyl (C=O) groups excluding carboxylic acids is 2. The van der Waals surface area contributed by atoms with Gasteiger partial charge < -0.3 is 20.1 Å². The van der Waals surface area contributed by atoms with Gasteiger partial charge in [0.1, 0.15) is 24.2 Å². The van der Waals surface area contributed by atoms with Crippen LogP contribution in [-0.4, -0.2) is 39.8 Å². The molecule has 3 aromatic heterocycles. The van der Waals surface area contributed by atoms with Gasteiger partial charge in [0, 0.05) is 29.2 Å². The topological polar surface area (TPSA) is 143 Å². The van der Waals surface area contributed by atoms with Crippen LogP contribution >= 0.6 is 0 Å². The molecule has 0 fully saturated rings. The van der Waals surface area contributed by atoms with Crippen molar-refractivity contribution in [2.24, 2.45) is 0 Å². The molecule has 0 saturated heterocycles. The summed E-state index contributed by atoms with van der Waals surface area (Å²) in [4.78, 5) is 28.4. The molecule has 0 radical (unpaired) electrons. The summed E-state index contributed by atoms with van der Waals surface area (Å²) in [6, 6.07) is 22.2.